The number of rotatable bonds is 7. The molecule has 204 valence electrons. The smallest absolute Gasteiger partial charge is 0.328 e. The van der Waals surface area contributed by atoms with Crippen LogP contribution in [0, 0.1) is 5.92 Å². The van der Waals surface area contributed by atoms with Crippen LogP contribution in [0.25, 0.3) is 31.8 Å². The highest BCUT2D eigenvalue weighted by Gasteiger charge is 2.40. The molecular weight excluding hydrogens is 526 g/mol. The minimum absolute atomic E-state index is 0.280. The van der Waals surface area contributed by atoms with Gasteiger partial charge in [-0.2, -0.15) is 0 Å². The van der Waals surface area contributed by atoms with Crippen LogP contribution >= 0.6 is 11.3 Å². The van der Waals surface area contributed by atoms with Crippen LogP contribution in [-0.2, 0) is 6.54 Å². The van der Waals surface area contributed by atoms with Crippen molar-refractivity contribution in [3.8, 4) is 22.8 Å². The molecule has 2 aromatic carbocycles. The summed E-state index contributed by atoms with van der Waals surface area (Å²) in [5.41, 5.74) is 3.15. The van der Waals surface area contributed by atoms with Crippen LogP contribution in [0.5, 0.6) is 11.5 Å². The molecule has 10 heteroatoms. The van der Waals surface area contributed by atoms with E-state index in [1.54, 1.807) is 13.3 Å². The standard InChI is InChI=1S/C30H29N5O4S/c1-38-22-10-7-11-23-24(22)20-16-34(15-19(20)17-39-23)12-5-6-13-35-29(36)27-25(33-30(35)37)26-28(40-27)31-14-21(32-26)18-8-3-2-4-9-18/h2-4,7-11,14,19-20H,5-6,12-13,15-17H2,1H3,(H,33,37)/t19-,20?/m1/s1. The van der Waals surface area contributed by atoms with Crippen molar-refractivity contribution < 1.29 is 9.47 Å². The zero-order valence-electron chi connectivity index (χ0n) is 22.1. The normalized spacial score (nSPS) is 18.5. The number of ether oxygens (including phenoxy) is 2. The Morgan fingerprint density at radius 2 is 1.93 bits per heavy atom. The number of aromatic amines is 1. The molecule has 0 saturated carbocycles. The molecule has 9 nitrogen and oxygen atoms in total. The largest absolute Gasteiger partial charge is 0.496 e. The van der Waals surface area contributed by atoms with Gasteiger partial charge in [0.25, 0.3) is 5.56 Å². The molecule has 1 N–H and O–H groups in total. The number of hydrogen-bond donors (Lipinski definition) is 1. The summed E-state index contributed by atoms with van der Waals surface area (Å²) in [6.45, 7) is 3.93. The average molecular weight is 556 g/mol. The van der Waals surface area contributed by atoms with Crippen LogP contribution in [0.2, 0.25) is 0 Å². The Morgan fingerprint density at radius 3 is 2.77 bits per heavy atom. The van der Waals surface area contributed by atoms with Crippen molar-refractivity contribution in [1.82, 2.24) is 24.4 Å². The number of hydrogen-bond acceptors (Lipinski definition) is 8. The number of thiophene rings is 1. The number of aromatic nitrogens is 4. The predicted octanol–water partition coefficient (Wildman–Crippen LogP) is 4.26. The van der Waals surface area contributed by atoms with Gasteiger partial charge in [0.15, 0.2) is 0 Å². The number of H-pyrrole nitrogens is 1. The van der Waals surface area contributed by atoms with Gasteiger partial charge in [0.2, 0.25) is 0 Å². The highest BCUT2D eigenvalue weighted by molar-refractivity contribution is 7.25. The quantitative estimate of drug-likeness (QED) is 0.300. The summed E-state index contributed by atoms with van der Waals surface area (Å²) in [4.78, 5) is 41.6. The lowest BCUT2D eigenvalue weighted by molar-refractivity contribution is 0.209. The van der Waals surface area contributed by atoms with E-state index in [1.807, 2.05) is 48.5 Å². The summed E-state index contributed by atoms with van der Waals surface area (Å²) < 4.78 is 13.5. The molecule has 0 spiro atoms. The van der Waals surface area contributed by atoms with E-state index in [0.717, 1.165) is 56.1 Å². The summed E-state index contributed by atoms with van der Waals surface area (Å²) in [5, 5.41) is 0. The topological polar surface area (TPSA) is 102 Å². The van der Waals surface area contributed by atoms with Gasteiger partial charge in [-0.3, -0.25) is 9.36 Å². The summed E-state index contributed by atoms with van der Waals surface area (Å²) >= 11 is 1.28. The lowest BCUT2D eigenvalue weighted by Gasteiger charge is -2.29. The lowest BCUT2D eigenvalue weighted by atomic mass is 9.86. The maximum Gasteiger partial charge on any atom is 0.328 e. The first-order valence-electron chi connectivity index (χ1n) is 13.6. The first-order valence-corrected chi connectivity index (χ1v) is 14.4. The molecule has 2 aliphatic heterocycles. The SMILES string of the molecule is COc1cccc2c1C1CN(CCCCn3c(=O)[nH]c4c(sc5ncc(-c6ccccc6)nc54)c3=O)C[C@@H]1CO2. The van der Waals surface area contributed by atoms with Crippen molar-refractivity contribution >= 4 is 31.9 Å². The fourth-order valence-electron chi connectivity index (χ4n) is 6.11. The number of benzene rings is 2. The van der Waals surface area contributed by atoms with Gasteiger partial charge in [-0.25, -0.2) is 14.8 Å². The maximum absolute atomic E-state index is 13.3. The van der Waals surface area contributed by atoms with Gasteiger partial charge in [0.1, 0.15) is 26.5 Å². The highest BCUT2D eigenvalue weighted by Crippen LogP contribution is 2.46. The summed E-state index contributed by atoms with van der Waals surface area (Å²) in [6, 6.07) is 15.7. The third-order valence-electron chi connectivity index (χ3n) is 8.08. The van der Waals surface area contributed by atoms with Crippen LogP contribution in [0.15, 0.2) is 64.3 Å². The van der Waals surface area contributed by atoms with Crippen molar-refractivity contribution in [1.29, 1.82) is 0 Å². The molecule has 0 radical (unpaired) electrons. The van der Waals surface area contributed by atoms with Crippen molar-refractivity contribution in [3.63, 3.8) is 0 Å². The number of likely N-dealkylation sites (tertiary alicyclic amines) is 1. The molecule has 5 aromatic rings. The van der Waals surface area contributed by atoms with E-state index < -0.39 is 5.69 Å². The molecule has 0 bridgehead atoms. The summed E-state index contributed by atoms with van der Waals surface area (Å²) in [5.74, 6) is 2.66. The van der Waals surface area contributed by atoms with Crippen molar-refractivity contribution in [3.05, 3.63) is 81.1 Å². The van der Waals surface area contributed by atoms with Gasteiger partial charge >= 0.3 is 5.69 Å². The molecule has 1 fully saturated rings. The monoisotopic (exact) mass is 555 g/mol. The molecule has 40 heavy (non-hydrogen) atoms. The fourth-order valence-corrected chi connectivity index (χ4v) is 7.10. The Bertz CT molecular complexity index is 1820. The highest BCUT2D eigenvalue weighted by atomic mass is 32.1. The molecule has 5 heterocycles. The molecule has 1 saturated heterocycles. The van der Waals surface area contributed by atoms with E-state index in [1.165, 1.54) is 21.5 Å². The minimum Gasteiger partial charge on any atom is -0.496 e. The molecule has 7 rings (SSSR count). The molecule has 2 aliphatic rings. The van der Waals surface area contributed by atoms with E-state index in [-0.39, 0.29) is 5.56 Å². The Balaban J connectivity index is 1.05. The van der Waals surface area contributed by atoms with Crippen molar-refractivity contribution in [2.75, 3.05) is 33.4 Å². The Morgan fingerprint density at radius 1 is 1.07 bits per heavy atom. The number of fused-ring (bicyclic) bond motifs is 6. The second-order valence-electron chi connectivity index (χ2n) is 10.5. The van der Waals surface area contributed by atoms with Gasteiger partial charge in [0.05, 0.1) is 31.1 Å². The zero-order valence-corrected chi connectivity index (χ0v) is 22.9. The van der Waals surface area contributed by atoms with Crippen LogP contribution in [-0.4, -0.2) is 57.8 Å². The Hall–Kier alpha value is -4.02. The van der Waals surface area contributed by atoms with Crippen LogP contribution in [0.1, 0.15) is 24.3 Å². The third kappa shape index (κ3) is 4.28. The minimum atomic E-state index is -0.405. The lowest BCUT2D eigenvalue weighted by Crippen LogP contribution is -2.34. The molecule has 2 atom stereocenters. The number of methoxy groups -OCH3 is 1. The fraction of sp³-hybridized carbons (Fsp3) is 0.333. The van der Waals surface area contributed by atoms with Crippen molar-refractivity contribution in [2.45, 2.75) is 25.3 Å². The van der Waals surface area contributed by atoms with Crippen molar-refractivity contribution in [2.24, 2.45) is 5.92 Å². The first kappa shape index (κ1) is 25.0. The first-order chi connectivity index (χ1) is 19.6. The van der Waals surface area contributed by atoms with Crippen LogP contribution < -0.4 is 20.7 Å². The van der Waals surface area contributed by atoms with Gasteiger partial charge in [-0.05, 0) is 31.5 Å². The van der Waals surface area contributed by atoms with Gasteiger partial charge in [0, 0.05) is 42.6 Å². The second-order valence-corrected chi connectivity index (χ2v) is 11.5. The number of nitrogens with one attached hydrogen (secondary N) is 1. The third-order valence-corrected chi connectivity index (χ3v) is 9.15. The summed E-state index contributed by atoms with van der Waals surface area (Å²) in [6.07, 6.45) is 3.33. The van der Waals surface area contributed by atoms with Crippen LogP contribution in [0.4, 0.5) is 0 Å². The Labute approximate surface area is 234 Å². The second kappa shape index (κ2) is 10.2. The summed E-state index contributed by atoms with van der Waals surface area (Å²) in [7, 11) is 1.71. The van der Waals surface area contributed by atoms with Gasteiger partial charge in [-0.1, -0.05) is 36.4 Å². The van der Waals surface area contributed by atoms with Gasteiger partial charge in [-0.15, -0.1) is 11.3 Å². The molecule has 1 unspecified atom stereocenters. The predicted molar refractivity (Wildman–Crippen MR) is 156 cm³/mol. The van der Waals surface area contributed by atoms with Crippen LogP contribution in [0.3, 0.4) is 0 Å². The maximum atomic E-state index is 13.3. The molecule has 0 amide bonds. The van der Waals surface area contributed by atoms with E-state index in [0.29, 0.717) is 44.6 Å². The van der Waals surface area contributed by atoms with E-state index in [4.69, 9.17) is 14.5 Å². The molecular formula is C30H29N5O4S. The molecule has 0 aliphatic carbocycles. The van der Waals surface area contributed by atoms with E-state index in [2.05, 4.69) is 14.9 Å². The number of unbranched alkanes of at least 4 members (excludes halogenated alkanes) is 1. The molecule has 3 aromatic heterocycles. The van der Waals surface area contributed by atoms with Gasteiger partial charge < -0.3 is 19.4 Å². The Kier molecular flexibility index (Phi) is 6.36. The van der Waals surface area contributed by atoms with E-state index >= 15 is 0 Å². The van der Waals surface area contributed by atoms with E-state index in [9.17, 15) is 9.59 Å². The zero-order chi connectivity index (χ0) is 27.2. The number of nitrogens with zero attached hydrogens (tertiary/aromatic N) is 4. The average Bonchev–Trinajstić information content (AvgIpc) is 3.58.